The molecule has 114 valence electrons. The fraction of sp³-hybridized carbons (Fsp3) is 0.769. The van der Waals surface area contributed by atoms with E-state index in [0.29, 0.717) is 25.4 Å². The minimum atomic E-state index is -0.783. The molecular formula is C13H23N3O4. The van der Waals surface area contributed by atoms with E-state index in [1.54, 1.807) is 0 Å². The highest BCUT2D eigenvalue weighted by atomic mass is 16.4. The van der Waals surface area contributed by atoms with Crippen LogP contribution in [0.3, 0.4) is 0 Å². The van der Waals surface area contributed by atoms with Gasteiger partial charge in [0.25, 0.3) is 0 Å². The van der Waals surface area contributed by atoms with Gasteiger partial charge in [-0.1, -0.05) is 13.3 Å². The predicted octanol–water partition coefficient (Wildman–Crippen LogP) is -0.528. The molecule has 0 aliphatic carbocycles. The van der Waals surface area contributed by atoms with E-state index in [1.165, 1.54) is 0 Å². The van der Waals surface area contributed by atoms with Crippen molar-refractivity contribution in [1.82, 2.24) is 16.0 Å². The highest BCUT2D eigenvalue weighted by molar-refractivity contribution is 5.86. The lowest BCUT2D eigenvalue weighted by Crippen LogP contribution is -2.58. The monoisotopic (exact) mass is 285 g/mol. The second-order valence-electron chi connectivity index (χ2n) is 5.02. The van der Waals surface area contributed by atoms with Crippen LogP contribution in [0.15, 0.2) is 0 Å². The van der Waals surface area contributed by atoms with Gasteiger partial charge in [0.2, 0.25) is 11.8 Å². The summed E-state index contributed by atoms with van der Waals surface area (Å²) in [7, 11) is 0. The SMILES string of the molecule is CCC(CCNC(=O)C1CNC(=O)CN1)CCC(=O)O. The van der Waals surface area contributed by atoms with E-state index in [2.05, 4.69) is 16.0 Å². The number of aliphatic carboxylic acids is 1. The van der Waals surface area contributed by atoms with E-state index in [0.717, 1.165) is 12.8 Å². The van der Waals surface area contributed by atoms with Crippen LogP contribution in [-0.4, -0.2) is 48.6 Å². The maximum atomic E-state index is 11.8. The van der Waals surface area contributed by atoms with Gasteiger partial charge in [0.05, 0.1) is 6.54 Å². The zero-order valence-electron chi connectivity index (χ0n) is 11.8. The molecule has 7 heteroatoms. The first-order valence-corrected chi connectivity index (χ1v) is 7.02. The fourth-order valence-electron chi connectivity index (χ4n) is 2.15. The van der Waals surface area contributed by atoms with Crippen molar-refractivity contribution in [3.63, 3.8) is 0 Å². The van der Waals surface area contributed by atoms with Crippen molar-refractivity contribution in [3.05, 3.63) is 0 Å². The Kier molecular flexibility index (Phi) is 7.00. The number of piperazine rings is 1. The van der Waals surface area contributed by atoms with Crippen LogP contribution in [0.1, 0.15) is 32.6 Å². The molecule has 0 aromatic rings. The van der Waals surface area contributed by atoms with Gasteiger partial charge in [-0.05, 0) is 18.8 Å². The van der Waals surface area contributed by atoms with E-state index in [-0.39, 0.29) is 30.8 Å². The van der Waals surface area contributed by atoms with Crippen molar-refractivity contribution in [2.24, 2.45) is 5.92 Å². The van der Waals surface area contributed by atoms with Crippen LogP contribution in [-0.2, 0) is 14.4 Å². The quantitative estimate of drug-likeness (QED) is 0.479. The van der Waals surface area contributed by atoms with Crippen molar-refractivity contribution in [2.75, 3.05) is 19.6 Å². The van der Waals surface area contributed by atoms with E-state index >= 15 is 0 Å². The standard InChI is InChI=1S/C13H23N3O4/c1-2-9(3-4-12(18)19)5-6-14-13(20)10-7-16-11(17)8-15-10/h9-10,15H,2-8H2,1H3,(H,14,20)(H,16,17)(H,18,19). The van der Waals surface area contributed by atoms with Gasteiger partial charge >= 0.3 is 5.97 Å². The van der Waals surface area contributed by atoms with Crippen LogP contribution >= 0.6 is 0 Å². The number of carbonyl (C=O) groups excluding carboxylic acids is 2. The maximum absolute atomic E-state index is 11.8. The third kappa shape index (κ3) is 6.01. The molecule has 0 spiro atoms. The number of hydrogen-bond acceptors (Lipinski definition) is 4. The van der Waals surface area contributed by atoms with E-state index < -0.39 is 5.97 Å². The molecule has 7 nitrogen and oxygen atoms in total. The molecule has 2 atom stereocenters. The highest BCUT2D eigenvalue weighted by Gasteiger charge is 2.23. The molecule has 1 rings (SSSR count). The Labute approximate surface area is 118 Å². The first-order chi connectivity index (χ1) is 9.52. The summed E-state index contributed by atoms with van der Waals surface area (Å²) in [6, 6.07) is -0.383. The van der Waals surface area contributed by atoms with Crippen LogP contribution < -0.4 is 16.0 Å². The van der Waals surface area contributed by atoms with Gasteiger partial charge in [0, 0.05) is 19.5 Å². The molecule has 0 bridgehead atoms. The summed E-state index contributed by atoms with van der Waals surface area (Å²) in [5.41, 5.74) is 0. The Bertz CT molecular complexity index is 350. The summed E-state index contributed by atoms with van der Waals surface area (Å²) >= 11 is 0. The molecule has 1 fully saturated rings. The zero-order valence-corrected chi connectivity index (χ0v) is 11.8. The normalized spacial score (nSPS) is 20.1. The summed E-state index contributed by atoms with van der Waals surface area (Å²) in [4.78, 5) is 33.3. The van der Waals surface area contributed by atoms with Crippen LogP contribution in [0.4, 0.5) is 0 Å². The molecule has 1 aliphatic rings. The van der Waals surface area contributed by atoms with Crippen molar-refractivity contribution >= 4 is 17.8 Å². The van der Waals surface area contributed by atoms with E-state index in [4.69, 9.17) is 5.11 Å². The van der Waals surface area contributed by atoms with Gasteiger partial charge < -0.3 is 15.7 Å². The minimum Gasteiger partial charge on any atom is -0.481 e. The molecule has 1 heterocycles. The third-order valence-corrected chi connectivity index (χ3v) is 3.52. The number of carbonyl (C=O) groups is 3. The zero-order chi connectivity index (χ0) is 15.0. The van der Waals surface area contributed by atoms with Gasteiger partial charge in [0.15, 0.2) is 0 Å². The van der Waals surface area contributed by atoms with Crippen LogP contribution in [0.5, 0.6) is 0 Å². The summed E-state index contributed by atoms with van der Waals surface area (Å²) < 4.78 is 0. The second kappa shape index (κ2) is 8.52. The smallest absolute Gasteiger partial charge is 0.303 e. The highest BCUT2D eigenvalue weighted by Crippen LogP contribution is 2.14. The second-order valence-corrected chi connectivity index (χ2v) is 5.02. The van der Waals surface area contributed by atoms with Gasteiger partial charge in [-0.2, -0.15) is 0 Å². The largest absolute Gasteiger partial charge is 0.481 e. The number of amides is 2. The first kappa shape index (κ1) is 16.4. The lowest BCUT2D eigenvalue weighted by Gasteiger charge is -2.23. The maximum Gasteiger partial charge on any atom is 0.303 e. The van der Waals surface area contributed by atoms with Gasteiger partial charge in [-0.15, -0.1) is 0 Å². The first-order valence-electron chi connectivity index (χ1n) is 7.02. The number of carboxylic acids is 1. The van der Waals surface area contributed by atoms with Crippen LogP contribution in [0.2, 0.25) is 0 Å². The Hall–Kier alpha value is -1.63. The average Bonchev–Trinajstić information content (AvgIpc) is 2.42. The van der Waals surface area contributed by atoms with Gasteiger partial charge in [0.1, 0.15) is 6.04 Å². The Balaban J connectivity index is 2.19. The molecule has 2 amide bonds. The molecule has 0 saturated carbocycles. The molecule has 0 aromatic carbocycles. The van der Waals surface area contributed by atoms with Crippen LogP contribution in [0, 0.1) is 5.92 Å². The number of carboxylic acid groups (broad SMARTS) is 1. The average molecular weight is 285 g/mol. The molecule has 0 radical (unpaired) electrons. The molecule has 20 heavy (non-hydrogen) atoms. The van der Waals surface area contributed by atoms with Gasteiger partial charge in [-0.25, -0.2) is 0 Å². The number of hydrogen-bond donors (Lipinski definition) is 4. The summed E-state index contributed by atoms with van der Waals surface area (Å²) in [6.45, 7) is 3.02. The van der Waals surface area contributed by atoms with E-state index in [9.17, 15) is 14.4 Å². The number of nitrogens with one attached hydrogen (secondary N) is 3. The van der Waals surface area contributed by atoms with Crippen molar-refractivity contribution in [1.29, 1.82) is 0 Å². The lowest BCUT2D eigenvalue weighted by molar-refractivity contribution is -0.137. The molecular weight excluding hydrogens is 262 g/mol. The van der Waals surface area contributed by atoms with Crippen molar-refractivity contribution in [2.45, 2.75) is 38.6 Å². The van der Waals surface area contributed by atoms with Crippen molar-refractivity contribution in [3.8, 4) is 0 Å². The molecule has 1 aliphatic heterocycles. The molecule has 4 N–H and O–H groups in total. The Morgan fingerprint density at radius 2 is 2.20 bits per heavy atom. The van der Waals surface area contributed by atoms with Crippen LogP contribution in [0.25, 0.3) is 0 Å². The number of rotatable bonds is 8. The third-order valence-electron chi connectivity index (χ3n) is 3.52. The summed E-state index contributed by atoms with van der Waals surface area (Å²) in [5.74, 6) is -0.702. The fourth-order valence-corrected chi connectivity index (χ4v) is 2.15. The predicted molar refractivity (Wildman–Crippen MR) is 73.1 cm³/mol. The van der Waals surface area contributed by atoms with E-state index in [1.807, 2.05) is 6.92 Å². The summed E-state index contributed by atoms with van der Waals surface area (Å²) in [6.07, 6.45) is 2.48. The Morgan fingerprint density at radius 3 is 2.75 bits per heavy atom. The lowest BCUT2D eigenvalue weighted by atomic mass is 9.96. The minimum absolute atomic E-state index is 0.103. The molecule has 0 aromatic heterocycles. The van der Waals surface area contributed by atoms with Gasteiger partial charge in [-0.3, -0.25) is 19.7 Å². The topological polar surface area (TPSA) is 108 Å². The summed E-state index contributed by atoms with van der Waals surface area (Å²) in [5, 5.41) is 17.0. The molecule has 2 unspecified atom stereocenters. The van der Waals surface area contributed by atoms with Crippen molar-refractivity contribution < 1.29 is 19.5 Å². The Morgan fingerprint density at radius 1 is 1.45 bits per heavy atom. The molecule has 1 saturated heterocycles.